The van der Waals surface area contributed by atoms with Gasteiger partial charge in [0.25, 0.3) is 0 Å². The number of hydrogen-bond donors (Lipinski definition) is 1. The summed E-state index contributed by atoms with van der Waals surface area (Å²) in [7, 11) is 0. The third kappa shape index (κ3) is 4.48. The van der Waals surface area contributed by atoms with Crippen LogP contribution in [0, 0.1) is 0 Å². The van der Waals surface area contributed by atoms with Crippen molar-refractivity contribution < 1.29 is 19.4 Å². The Balaban J connectivity index is 2.02. The molecule has 0 bridgehead atoms. The molecular weight excluding hydrogens is 282 g/mol. The molecule has 0 saturated carbocycles. The molecule has 22 heavy (non-hydrogen) atoms. The molecule has 0 unspecified atom stereocenters. The van der Waals surface area contributed by atoms with Gasteiger partial charge in [0.1, 0.15) is 5.60 Å². The minimum Gasteiger partial charge on any atom is -0.481 e. The average Bonchev–Trinajstić information content (AvgIpc) is 2.42. The number of nitrogens with zero attached hydrogens (tertiary/aromatic N) is 1. The summed E-state index contributed by atoms with van der Waals surface area (Å²) >= 11 is 0. The zero-order chi connectivity index (χ0) is 16.3. The molecule has 1 aromatic carbocycles. The van der Waals surface area contributed by atoms with Gasteiger partial charge in [0.2, 0.25) is 0 Å². The molecule has 1 aromatic rings. The molecule has 0 saturated heterocycles. The molecule has 1 heterocycles. The van der Waals surface area contributed by atoms with Crippen LogP contribution in [0.15, 0.2) is 18.2 Å². The van der Waals surface area contributed by atoms with Gasteiger partial charge in [0, 0.05) is 19.5 Å². The highest BCUT2D eigenvalue weighted by molar-refractivity contribution is 5.69. The van der Waals surface area contributed by atoms with Crippen molar-refractivity contribution in [1.82, 2.24) is 4.90 Å². The summed E-state index contributed by atoms with van der Waals surface area (Å²) in [5.74, 6) is -0.783. The third-order valence-electron chi connectivity index (χ3n) is 3.56. The van der Waals surface area contributed by atoms with Gasteiger partial charge in [-0.05, 0) is 50.3 Å². The summed E-state index contributed by atoms with van der Waals surface area (Å²) in [5, 5.41) is 8.74. The van der Waals surface area contributed by atoms with Gasteiger partial charge in [-0.25, -0.2) is 4.79 Å². The SMILES string of the molecule is CC(C)(C)OC(=O)N1CCc2cc(CCC(=O)O)ccc2C1. The second-order valence-electron chi connectivity index (χ2n) is 6.65. The Morgan fingerprint density at radius 1 is 1.27 bits per heavy atom. The summed E-state index contributed by atoms with van der Waals surface area (Å²) in [5.41, 5.74) is 2.85. The highest BCUT2D eigenvalue weighted by atomic mass is 16.6. The normalized spacial score (nSPS) is 14.4. The monoisotopic (exact) mass is 305 g/mol. The first-order valence-corrected chi connectivity index (χ1v) is 7.55. The largest absolute Gasteiger partial charge is 0.481 e. The van der Waals surface area contributed by atoms with E-state index in [1.807, 2.05) is 32.9 Å². The Kier molecular flexibility index (Phi) is 4.74. The van der Waals surface area contributed by atoms with E-state index in [4.69, 9.17) is 9.84 Å². The number of ether oxygens (including phenoxy) is 1. The van der Waals surface area contributed by atoms with Crippen molar-refractivity contribution in [3.05, 3.63) is 34.9 Å². The van der Waals surface area contributed by atoms with E-state index in [1.165, 1.54) is 5.56 Å². The molecule has 5 heteroatoms. The minimum atomic E-state index is -0.783. The number of hydrogen-bond acceptors (Lipinski definition) is 3. The van der Waals surface area contributed by atoms with Crippen LogP contribution in [0.5, 0.6) is 0 Å². The van der Waals surface area contributed by atoms with Crippen LogP contribution in [0.25, 0.3) is 0 Å². The first-order valence-electron chi connectivity index (χ1n) is 7.55. The molecule has 0 aliphatic carbocycles. The number of fused-ring (bicyclic) bond motifs is 1. The first-order chi connectivity index (χ1) is 10.2. The van der Waals surface area contributed by atoms with E-state index in [-0.39, 0.29) is 12.5 Å². The lowest BCUT2D eigenvalue weighted by atomic mass is 9.96. The lowest BCUT2D eigenvalue weighted by Crippen LogP contribution is -2.39. The zero-order valence-corrected chi connectivity index (χ0v) is 13.4. The van der Waals surface area contributed by atoms with Crippen molar-refractivity contribution in [2.45, 2.75) is 52.2 Å². The molecule has 1 aliphatic rings. The highest BCUT2D eigenvalue weighted by Gasteiger charge is 2.25. The summed E-state index contributed by atoms with van der Waals surface area (Å²) in [6.45, 7) is 6.75. The molecule has 0 fully saturated rings. The highest BCUT2D eigenvalue weighted by Crippen LogP contribution is 2.22. The maximum absolute atomic E-state index is 12.1. The van der Waals surface area contributed by atoms with Gasteiger partial charge in [-0.3, -0.25) is 4.79 Å². The summed E-state index contributed by atoms with van der Waals surface area (Å²) in [6.07, 6.45) is 1.17. The number of carbonyl (C=O) groups excluding carboxylic acids is 1. The van der Waals surface area contributed by atoms with Crippen molar-refractivity contribution in [1.29, 1.82) is 0 Å². The standard InChI is InChI=1S/C17H23NO4/c1-17(2,3)22-16(21)18-9-8-13-10-12(5-7-15(19)20)4-6-14(13)11-18/h4,6,10H,5,7-9,11H2,1-3H3,(H,19,20). The Hall–Kier alpha value is -2.04. The summed E-state index contributed by atoms with van der Waals surface area (Å²) in [4.78, 5) is 24.5. The van der Waals surface area contributed by atoms with Gasteiger partial charge < -0.3 is 14.7 Å². The van der Waals surface area contributed by atoms with Crippen molar-refractivity contribution in [2.24, 2.45) is 0 Å². The first kappa shape index (κ1) is 16.3. The van der Waals surface area contributed by atoms with Crippen molar-refractivity contribution in [2.75, 3.05) is 6.54 Å². The number of aliphatic carboxylic acids is 1. The topological polar surface area (TPSA) is 66.8 Å². The van der Waals surface area contributed by atoms with E-state index in [0.29, 0.717) is 19.5 Å². The van der Waals surface area contributed by atoms with Crippen LogP contribution in [0.2, 0.25) is 0 Å². The predicted molar refractivity (Wildman–Crippen MR) is 82.7 cm³/mol. The van der Waals surface area contributed by atoms with Crippen LogP contribution in [-0.2, 0) is 28.9 Å². The molecule has 0 atom stereocenters. The maximum atomic E-state index is 12.1. The fourth-order valence-electron chi connectivity index (χ4n) is 2.50. The molecule has 0 radical (unpaired) electrons. The van der Waals surface area contributed by atoms with E-state index < -0.39 is 11.6 Å². The quantitative estimate of drug-likeness (QED) is 0.932. The Morgan fingerprint density at radius 3 is 2.64 bits per heavy atom. The Bertz CT molecular complexity index is 575. The number of carbonyl (C=O) groups is 2. The summed E-state index contributed by atoms with van der Waals surface area (Å²) < 4.78 is 5.40. The number of amides is 1. The fourth-order valence-corrected chi connectivity index (χ4v) is 2.50. The van der Waals surface area contributed by atoms with E-state index in [2.05, 4.69) is 6.07 Å². The second-order valence-corrected chi connectivity index (χ2v) is 6.65. The molecule has 1 N–H and O–H groups in total. The number of benzene rings is 1. The van der Waals surface area contributed by atoms with Gasteiger partial charge in [0.15, 0.2) is 0 Å². The van der Waals surface area contributed by atoms with Crippen LogP contribution >= 0.6 is 0 Å². The van der Waals surface area contributed by atoms with Crippen LogP contribution in [0.1, 0.15) is 43.9 Å². The smallest absolute Gasteiger partial charge is 0.410 e. The molecule has 0 aromatic heterocycles. The van der Waals surface area contributed by atoms with E-state index in [9.17, 15) is 9.59 Å². The third-order valence-corrected chi connectivity index (χ3v) is 3.56. The number of carboxylic acid groups (broad SMARTS) is 1. The van der Waals surface area contributed by atoms with Crippen molar-refractivity contribution >= 4 is 12.1 Å². The average molecular weight is 305 g/mol. The molecule has 0 spiro atoms. The maximum Gasteiger partial charge on any atom is 0.410 e. The number of carboxylic acids is 1. The van der Waals surface area contributed by atoms with Crippen LogP contribution < -0.4 is 0 Å². The van der Waals surface area contributed by atoms with E-state index in [0.717, 1.165) is 17.5 Å². The summed E-state index contributed by atoms with van der Waals surface area (Å²) in [6, 6.07) is 5.99. The minimum absolute atomic E-state index is 0.142. The Morgan fingerprint density at radius 2 is 2.00 bits per heavy atom. The van der Waals surface area contributed by atoms with Gasteiger partial charge in [-0.2, -0.15) is 0 Å². The molecular formula is C17H23NO4. The van der Waals surface area contributed by atoms with E-state index >= 15 is 0 Å². The van der Waals surface area contributed by atoms with Crippen molar-refractivity contribution in [3.8, 4) is 0 Å². The van der Waals surface area contributed by atoms with Gasteiger partial charge in [-0.1, -0.05) is 18.2 Å². The zero-order valence-electron chi connectivity index (χ0n) is 13.4. The molecule has 1 amide bonds. The van der Waals surface area contributed by atoms with Crippen LogP contribution in [0.4, 0.5) is 4.79 Å². The lowest BCUT2D eigenvalue weighted by Gasteiger charge is -2.31. The van der Waals surface area contributed by atoms with Crippen molar-refractivity contribution in [3.63, 3.8) is 0 Å². The predicted octanol–water partition coefficient (Wildman–Crippen LogP) is 3.00. The van der Waals surface area contributed by atoms with Crippen LogP contribution in [0.3, 0.4) is 0 Å². The van der Waals surface area contributed by atoms with Gasteiger partial charge >= 0.3 is 12.1 Å². The molecule has 5 nitrogen and oxygen atoms in total. The number of aryl methyl sites for hydroxylation is 1. The number of rotatable bonds is 3. The van der Waals surface area contributed by atoms with Gasteiger partial charge in [0.05, 0.1) is 0 Å². The molecule has 1 aliphatic heterocycles. The van der Waals surface area contributed by atoms with Gasteiger partial charge in [-0.15, -0.1) is 0 Å². The Labute approximate surface area is 130 Å². The van der Waals surface area contributed by atoms with E-state index in [1.54, 1.807) is 4.90 Å². The molecule has 120 valence electrons. The fraction of sp³-hybridized carbons (Fsp3) is 0.529. The van der Waals surface area contributed by atoms with Crippen LogP contribution in [-0.4, -0.2) is 34.2 Å². The lowest BCUT2D eigenvalue weighted by molar-refractivity contribution is -0.136. The second kappa shape index (κ2) is 6.38. The molecule has 2 rings (SSSR count).